The van der Waals surface area contributed by atoms with Crippen LogP contribution in [0.3, 0.4) is 0 Å². The normalized spacial score (nSPS) is 14.8. The number of halogens is 4. The topological polar surface area (TPSA) is 94.7 Å². The zero-order valence-corrected chi connectivity index (χ0v) is 25.2. The third-order valence-corrected chi connectivity index (χ3v) is 8.49. The van der Waals surface area contributed by atoms with Gasteiger partial charge in [0, 0.05) is 41.1 Å². The summed E-state index contributed by atoms with van der Waals surface area (Å²) in [5, 5.41) is 26.2. The molecule has 0 spiro atoms. The smallest absolute Gasteiger partial charge is 0.151 e. The number of benzene rings is 3. The van der Waals surface area contributed by atoms with Crippen LogP contribution < -0.4 is 10.6 Å². The predicted octanol–water partition coefficient (Wildman–Crippen LogP) is 7.88. The maximum atomic E-state index is 15.6. The molecule has 0 aliphatic carbocycles. The largest absolute Gasteiger partial charge is 0.373 e. The highest BCUT2D eigenvalue weighted by Gasteiger charge is 2.24. The number of nitrogens with zero attached hydrogens (tertiary/aromatic N) is 6. The molecule has 1 saturated heterocycles. The average molecular weight is 634 g/mol. The summed E-state index contributed by atoms with van der Waals surface area (Å²) in [5.41, 5.74) is 2.94. The summed E-state index contributed by atoms with van der Waals surface area (Å²) in [6.45, 7) is 5.20. The molecule has 0 amide bonds. The number of likely N-dealkylation sites (tertiary alicyclic amines) is 1. The van der Waals surface area contributed by atoms with Gasteiger partial charge in [-0.3, -0.25) is 4.98 Å². The van der Waals surface area contributed by atoms with Crippen molar-refractivity contribution in [2.75, 3.05) is 30.3 Å². The Morgan fingerprint density at radius 3 is 2.50 bits per heavy atom. The Hall–Kier alpha value is -4.30. The minimum absolute atomic E-state index is 0.0673. The van der Waals surface area contributed by atoms with Gasteiger partial charge < -0.3 is 15.5 Å². The summed E-state index contributed by atoms with van der Waals surface area (Å²) < 4.78 is 31.3. The van der Waals surface area contributed by atoms with Gasteiger partial charge in [-0.2, -0.15) is 5.26 Å². The lowest BCUT2D eigenvalue weighted by Gasteiger charge is -2.30. The summed E-state index contributed by atoms with van der Waals surface area (Å²) >= 11 is 12.2. The number of fused-ring (bicyclic) bond motifs is 1. The molecule has 1 fully saturated rings. The van der Waals surface area contributed by atoms with E-state index in [4.69, 9.17) is 23.2 Å². The van der Waals surface area contributed by atoms with Crippen LogP contribution in [0.5, 0.6) is 0 Å². The second kappa shape index (κ2) is 12.7. The van der Waals surface area contributed by atoms with E-state index >= 15 is 4.39 Å². The van der Waals surface area contributed by atoms with Crippen molar-refractivity contribution in [3.63, 3.8) is 0 Å². The second-order valence-corrected chi connectivity index (χ2v) is 11.5. The number of rotatable bonds is 8. The van der Waals surface area contributed by atoms with E-state index in [1.54, 1.807) is 18.2 Å². The molecule has 6 rings (SSSR count). The number of nitrogens with one attached hydrogen (secondary N) is 2. The molecule has 0 saturated carbocycles. The van der Waals surface area contributed by atoms with Gasteiger partial charge >= 0.3 is 0 Å². The van der Waals surface area contributed by atoms with Crippen molar-refractivity contribution in [1.29, 1.82) is 5.26 Å². The van der Waals surface area contributed by atoms with Crippen molar-refractivity contribution < 1.29 is 8.78 Å². The van der Waals surface area contributed by atoms with Gasteiger partial charge in [0.15, 0.2) is 5.82 Å². The lowest BCUT2D eigenvalue weighted by molar-refractivity contribution is 0.186. The Kier molecular flexibility index (Phi) is 8.62. The Morgan fingerprint density at radius 1 is 1.02 bits per heavy atom. The van der Waals surface area contributed by atoms with E-state index in [1.807, 2.05) is 23.0 Å². The molecule has 1 aliphatic heterocycles. The minimum atomic E-state index is -0.587. The SMILES string of the molecule is CCN1CCC(n2cc(C(Nc3cc(F)c4ncc(C#N)c(Nc5ccc(F)c(Cl)c5)c4c3)c3ccc(Cl)cc3)nn2)CC1. The number of anilines is 3. The van der Waals surface area contributed by atoms with E-state index in [2.05, 4.69) is 43.8 Å². The molecule has 3 aromatic carbocycles. The van der Waals surface area contributed by atoms with Crippen LogP contribution in [0.4, 0.5) is 25.8 Å². The van der Waals surface area contributed by atoms with Crippen LogP contribution >= 0.6 is 23.2 Å². The highest BCUT2D eigenvalue weighted by Crippen LogP contribution is 2.35. The molecular weight excluding hydrogens is 605 g/mol. The van der Waals surface area contributed by atoms with Crippen LogP contribution in [-0.4, -0.2) is 44.5 Å². The molecule has 1 atom stereocenters. The fourth-order valence-electron chi connectivity index (χ4n) is 5.53. The molecule has 44 heavy (non-hydrogen) atoms. The molecule has 3 heterocycles. The predicted molar refractivity (Wildman–Crippen MR) is 168 cm³/mol. The Balaban J connectivity index is 1.38. The molecule has 12 heteroatoms. The van der Waals surface area contributed by atoms with E-state index in [9.17, 15) is 9.65 Å². The van der Waals surface area contributed by atoms with Crippen LogP contribution in [0.1, 0.15) is 48.7 Å². The molecule has 2 aromatic heterocycles. The minimum Gasteiger partial charge on any atom is -0.373 e. The number of hydrogen-bond acceptors (Lipinski definition) is 7. The monoisotopic (exact) mass is 632 g/mol. The number of piperidine rings is 1. The zero-order chi connectivity index (χ0) is 30.8. The molecule has 8 nitrogen and oxygen atoms in total. The van der Waals surface area contributed by atoms with Gasteiger partial charge in [0.05, 0.1) is 34.6 Å². The van der Waals surface area contributed by atoms with Gasteiger partial charge in [-0.15, -0.1) is 5.10 Å². The third-order valence-electron chi connectivity index (χ3n) is 7.95. The average Bonchev–Trinajstić information content (AvgIpc) is 3.52. The van der Waals surface area contributed by atoms with E-state index < -0.39 is 17.7 Å². The van der Waals surface area contributed by atoms with Crippen molar-refractivity contribution >= 4 is 51.2 Å². The molecule has 1 unspecified atom stereocenters. The zero-order valence-electron chi connectivity index (χ0n) is 23.7. The Labute approximate surface area is 263 Å². The van der Waals surface area contributed by atoms with Gasteiger partial charge in [-0.1, -0.05) is 47.5 Å². The van der Waals surface area contributed by atoms with Gasteiger partial charge in [0.2, 0.25) is 0 Å². The maximum absolute atomic E-state index is 15.6. The quantitative estimate of drug-likeness (QED) is 0.180. The lowest BCUT2D eigenvalue weighted by Crippen LogP contribution is -2.34. The molecule has 224 valence electrons. The molecule has 2 N–H and O–H groups in total. The van der Waals surface area contributed by atoms with E-state index in [1.165, 1.54) is 30.5 Å². The van der Waals surface area contributed by atoms with Gasteiger partial charge in [-0.05, 0) is 67.4 Å². The van der Waals surface area contributed by atoms with Crippen molar-refractivity contribution in [2.24, 2.45) is 0 Å². The molecule has 5 aromatic rings. The van der Waals surface area contributed by atoms with Crippen molar-refractivity contribution in [2.45, 2.75) is 31.8 Å². The van der Waals surface area contributed by atoms with Crippen LogP contribution in [0.15, 0.2) is 67.0 Å². The van der Waals surface area contributed by atoms with Crippen molar-refractivity contribution in [1.82, 2.24) is 24.9 Å². The van der Waals surface area contributed by atoms with Gasteiger partial charge in [0.1, 0.15) is 23.1 Å². The van der Waals surface area contributed by atoms with Crippen molar-refractivity contribution in [3.8, 4) is 6.07 Å². The second-order valence-electron chi connectivity index (χ2n) is 10.7. The first-order chi connectivity index (χ1) is 21.3. The summed E-state index contributed by atoms with van der Waals surface area (Å²) in [6.07, 6.45) is 5.20. The molecule has 1 aliphatic rings. The van der Waals surface area contributed by atoms with E-state index in [-0.39, 0.29) is 22.1 Å². The number of pyridine rings is 1. The third kappa shape index (κ3) is 6.17. The van der Waals surface area contributed by atoms with Gasteiger partial charge in [-0.25, -0.2) is 13.5 Å². The van der Waals surface area contributed by atoms with Gasteiger partial charge in [0.25, 0.3) is 0 Å². The fraction of sp³-hybridized carbons (Fsp3) is 0.250. The molecular formula is C32H28Cl2F2N8. The summed E-state index contributed by atoms with van der Waals surface area (Å²) in [5.74, 6) is -1.16. The lowest BCUT2D eigenvalue weighted by atomic mass is 10.0. The summed E-state index contributed by atoms with van der Waals surface area (Å²) in [4.78, 5) is 6.62. The van der Waals surface area contributed by atoms with Crippen LogP contribution in [-0.2, 0) is 0 Å². The first kappa shape index (κ1) is 29.8. The first-order valence-corrected chi connectivity index (χ1v) is 15.0. The van der Waals surface area contributed by atoms with E-state index in [0.717, 1.165) is 38.0 Å². The highest BCUT2D eigenvalue weighted by molar-refractivity contribution is 6.31. The van der Waals surface area contributed by atoms with Crippen LogP contribution in [0.2, 0.25) is 10.0 Å². The number of aromatic nitrogens is 4. The Morgan fingerprint density at radius 2 is 1.80 bits per heavy atom. The Bertz CT molecular complexity index is 1850. The van der Waals surface area contributed by atoms with Crippen molar-refractivity contribution in [3.05, 3.63) is 105 Å². The summed E-state index contributed by atoms with van der Waals surface area (Å²) in [7, 11) is 0. The van der Waals surface area contributed by atoms with E-state index in [0.29, 0.717) is 33.2 Å². The number of hydrogen-bond donors (Lipinski definition) is 2. The fourth-order valence-corrected chi connectivity index (χ4v) is 5.84. The summed E-state index contributed by atoms with van der Waals surface area (Å²) in [6, 6.07) is 16.4. The highest BCUT2D eigenvalue weighted by atomic mass is 35.5. The maximum Gasteiger partial charge on any atom is 0.151 e. The molecule has 0 bridgehead atoms. The van der Waals surface area contributed by atoms with Crippen LogP contribution in [0.25, 0.3) is 10.9 Å². The van der Waals surface area contributed by atoms with Crippen LogP contribution in [0, 0.1) is 23.0 Å². The standard InChI is InChI=1S/C32H28Cl2F2N8/c1-2-43-11-9-24(10-12-43)44-18-29(41-42-44)31(19-3-5-21(33)6-4-19)40-23-13-25-30(39-22-7-8-27(35)26(34)14-22)20(16-37)17-38-32(25)28(36)15-23/h3-8,13-15,17-18,24,31,40H,2,9-12H2,1H3,(H,38,39). The first-order valence-electron chi connectivity index (χ1n) is 14.2. The number of nitriles is 1. The molecule has 0 radical (unpaired) electrons.